The second-order valence-electron chi connectivity index (χ2n) is 3.83. The van der Waals surface area contributed by atoms with Crippen LogP contribution < -0.4 is 10.5 Å². The molecule has 1 unspecified atom stereocenters. The molecule has 1 heterocycles. The van der Waals surface area contributed by atoms with E-state index < -0.39 is 6.10 Å². The van der Waals surface area contributed by atoms with Gasteiger partial charge >= 0.3 is 0 Å². The van der Waals surface area contributed by atoms with E-state index in [0.29, 0.717) is 16.9 Å². The third kappa shape index (κ3) is 2.06. The summed E-state index contributed by atoms with van der Waals surface area (Å²) in [5.74, 6) is 1.39. The van der Waals surface area contributed by atoms with Crippen LogP contribution in [0.4, 0.5) is 0 Å². The van der Waals surface area contributed by atoms with Gasteiger partial charge in [-0.05, 0) is 35.0 Å². The minimum absolute atomic E-state index is 0.157. The molecule has 1 aromatic carbocycles. The maximum atomic E-state index is 9.86. The van der Waals surface area contributed by atoms with Crippen LogP contribution in [0.1, 0.15) is 17.4 Å². The summed E-state index contributed by atoms with van der Waals surface area (Å²) in [6.45, 7) is 2.02. The second-order valence-corrected chi connectivity index (χ2v) is 4.63. The van der Waals surface area contributed by atoms with Gasteiger partial charge in [-0.2, -0.15) is 0 Å². The summed E-state index contributed by atoms with van der Waals surface area (Å²) in [5, 5.41) is 10.7. The van der Waals surface area contributed by atoms with Crippen LogP contribution in [0.25, 0.3) is 11.0 Å². The van der Waals surface area contributed by atoms with Gasteiger partial charge in [0.05, 0.1) is 13.2 Å². The summed E-state index contributed by atoms with van der Waals surface area (Å²) in [4.78, 5) is 0. The van der Waals surface area contributed by atoms with E-state index in [-0.39, 0.29) is 6.54 Å². The molecule has 4 nitrogen and oxygen atoms in total. The fourth-order valence-electron chi connectivity index (χ4n) is 1.81. The van der Waals surface area contributed by atoms with E-state index in [1.807, 2.05) is 13.0 Å². The monoisotopic (exact) mass is 299 g/mol. The molecule has 92 valence electrons. The Kier molecular flexibility index (Phi) is 3.42. The molecule has 0 fully saturated rings. The summed E-state index contributed by atoms with van der Waals surface area (Å²) in [6, 6.07) is 3.64. The van der Waals surface area contributed by atoms with Gasteiger partial charge in [0, 0.05) is 22.0 Å². The van der Waals surface area contributed by atoms with E-state index in [1.165, 1.54) is 0 Å². The van der Waals surface area contributed by atoms with E-state index in [4.69, 9.17) is 14.9 Å². The summed E-state index contributed by atoms with van der Waals surface area (Å²) in [6.07, 6.45) is -0.724. The number of aliphatic hydroxyl groups is 1. The molecule has 0 saturated heterocycles. The molecule has 1 aromatic heterocycles. The molecular weight excluding hydrogens is 286 g/mol. The highest BCUT2D eigenvalue weighted by Gasteiger charge is 2.18. The zero-order chi connectivity index (χ0) is 12.6. The number of hydrogen-bond acceptors (Lipinski definition) is 4. The molecule has 17 heavy (non-hydrogen) atoms. The number of fused-ring (bicyclic) bond motifs is 1. The second kappa shape index (κ2) is 4.68. The largest absolute Gasteiger partial charge is 0.493 e. The first-order valence-electron chi connectivity index (χ1n) is 5.23. The summed E-state index contributed by atoms with van der Waals surface area (Å²) < 4.78 is 11.6. The Morgan fingerprint density at radius 3 is 2.82 bits per heavy atom. The molecule has 2 rings (SSSR count). The number of aliphatic hydroxyl groups excluding tert-OH is 1. The van der Waals surface area contributed by atoms with Crippen LogP contribution in [-0.2, 0) is 0 Å². The quantitative estimate of drug-likeness (QED) is 0.914. The number of furan rings is 1. The highest BCUT2D eigenvalue weighted by molar-refractivity contribution is 9.10. The minimum Gasteiger partial charge on any atom is -0.493 e. The Bertz CT molecular complexity index is 550. The zero-order valence-electron chi connectivity index (χ0n) is 9.66. The molecule has 0 saturated carbocycles. The third-order valence-corrected chi connectivity index (χ3v) is 3.54. The first-order valence-corrected chi connectivity index (χ1v) is 6.02. The van der Waals surface area contributed by atoms with Crippen molar-refractivity contribution in [3.05, 3.63) is 27.9 Å². The van der Waals surface area contributed by atoms with Gasteiger partial charge in [-0.15, -0.1) is 0 Å². The Morgan fingerprint density at radius 2 is 2.24 bits per heavy atom. The molecule has 0 radical (unpaired) electrons. The van der Waals surface area contributed by atoms with E-state index in [1.54, 1.807) is 13.2 Å². The van der Waals surface area contributed by atoms with Gasteiger partial charge in [0.2, 0.25) is 0 Å². The summed E-state index contributed by atoms with van der Waals surface area (Å²) >= 11 is 3.47. The van der Waals surface area contributed by atoms with Gasteiger partial charge in [-0.3, -0.25) is 0 Å². The molecule has 5 heteroatoms. The topological polar surface area (TPSA) is 68.6 Å². The number of rotatable bonds is 3. The Hall–Kier alpha value is -1.04. The minimum atomic E-state index is -0.724. The number of ether oxygens (including phenoxy) is 1. The molecular formula is C12H14BrNO3. The van der Waals surface area contributed by atoms with Crippen molar-refractivity contribution in [3.63, 3.8) is 0 Å². The van der Waals surface area contributed by atoms with Crippen molar-refractivity contribution in [2.24, 2.45) is 5.73 Å². The van der Waals surface area contributed by atoms with E-state index >= 15 is 0 Å². The first-order chi connectivity index (χ1) is 8.08. The van der Waals surface area contributed by atoms with Crippen LogP contribution in [0.5, 0.6) is 5.75 Å². The first kappa shape index (κ1) is 12.4. The van der Waals surface area contributed by atoms with Crippen molar-refractivity contribution >= 4 is 26.9 Å². The lowest BCUT2D eigenvalue weighted by atomic mass is 10.1. The van der Waals surface area contributed by atoms with E-state index in [2.05, 4.69) is 15.9 Å². The fraction of sp³-hybridized carbons (Fsp3) is 0.333. The number of benzene rings is 1. The van der Waals surface area contributed by atoms with Gasteiger partial charge in [-0.1, -0.05) is 0 Å². The van der Waals surface area contributed by atoms with E-state index in [0.717, 1.165) is 15.6 Å². The predicted molar refractivity (Wildman–Crippen MR) is 69.2 cm³/mol. The Morgan fingerprint density at radius 1 is 1.53 bits per heavy atom. The van der Waals surface area contributed by atoms with Crippen molar-refractivity contribution in [2.45, 2.75) is 13.0 Å². The fourth-order valence-corrected chi connectivity index (χ4v) is 2.48. The average Bonchev–Trinajstić information content (AvgIpc) is 2.71. The molecule has 0 spiro atoms. The maximum absolute atomic E-state index is 9.86. The highest BCUT2D eigenvalue weighted by atomic mass is 79.9. The molecule has 0 aliphatic rings. The third-order valence-electron chi connectivity index (χ3n) is 2.66. The predicted octanol–water partition coefficient (Wildman–Crippen LogP) is 2.50. The van der Waals surface area contributed by atoms with Crippen LogP contribution >= 0.6 is 15.9 Å². The number of methoxy groups -OCH3 is 1. The molecule has 3 N–H and O–H groups in total. The number of hydrogen-bond donors (Lipinski definition) is 2. The molecule has 0 bridgehead atoms. The smallest absolute Gasteiger partial charge is 0.177 e. The lowest BCUT2D eigenvalue weighted by Gasteiger charge is -2.13. The number of aryl methyl sites for hydroxylation is 1. The number of halogens is 1. The lowest BCUT2D eigenvalue weighted by Crippen LogP contribution is -2.12. The van der Waals surface area contributed by atoms with Crippen molar-refractivity contribution < 1.29 is 14.3 Å². The van der Waals surface area contributed by atoms with Gasteiger partial charge in [0.25, 0.3) is 0 Å². The molecule has 1 atom stereocenters. The normalized spacial score (nSPS) is 13.0. The van der Waals surface area contributed by atoms with Crippen molar-refractivity contribution in [1.29, 1.82) is 0 Å². The van der Waals surface area contributed by atoms with Crippen LogP contribution in [0.15, 0.2) is 21.0 Å². The van der Waals surface area contributed by atoms with Gasteiger partial charge in [0.1, 0.15) is 5.76 Å². The van der Waals surface area contributed by atoms with Crippen LogP contribution in [0, 0.1) is 6.92 Å². The number of nitrogens with two attached hydrogens (primary N) is 1. The van der Waals surface area contributed by atoms with Crippen LogP contribution in [0.3, 0.4) is 0 Å². The summed E-state index contributed by atoms with van der Waals surface area (Å²) in [7, 11) is 1.57. The highest BCUT2D eigenvalue weighted by Crippen LogP contribution is 2.39. The van der Waals surface area contributed by atoms with Gasteiger partial charge < -0.3 is 20.0 Å². The Balaban J connectivity index is 2.75. The Labute approximate surface area is 107 Å². The van der Waals surface area contributed by atoms with Crippen LogP contribution in [-0.4, -0.2) is 18.8 Å². The van der Waals surface area contributed by atoms with Crippen molar-refractivity contribution in [1.82, 2.24) is 0 Å². The van der Waals surface area contributed by atoms with Crippen molar-refractivity contribution in [3.8, 4) is 5.75 Å². The average molecular weight is 300 g/mol. The SMILES string of the molecule is COc1cc(C(O)CN)c(Br)c2cc(C)oc12. The molecule has 2 aromatic rings. The molecule has 0 aliphatic carbocycles. The van der Waals surface area contributed by atoms with Crippen LogP contribution in [0.2, 0.25) is 0 Å². The van der Waals surface area contributed by atoms with Crippen molar-refractivity contribution in [2.75, 3.05) is 13.7 Å². The molecule has 0 aliphatic heterocycles. The summed E-state index contributed by atoms with van der Waals surface area (Å²) in [5.41, 5.74) is 6.86. The lowest BCUT2D eigenvalue weighted by molar-refractivity contribution is 0.185. The standard InChI is InChI=1S/C12H14BrNO3/c1-6-3-8-11(13)7(9(15)5-14)4-10(16-2)12(8)17-6/h3-4,9,15H,5,14H2,1-2H3. The zero-order valence-corrected chi connectivity index (χ0v) is 11.2. The molecule has 0 amide bonds. The van der Waals surface area contributed by atoms with Gasteiger partial charge in [0.15, 0.2) is 11.3 Å². The van der Waals surface area contributed by atoms with Gasteiger partial charge in [-0.25, -0.2) is 0 Å². The maximum Gasteiger partial charge on any atom is 0.177 e. The van der Waals surface area contributed by atoms with E-state index in [9.17, 15) is 5.11 Å².